The summed E-state index contributed by atoms with van der Waals surface area (Å²) in [6.45, 7) is 2.11. The van der Waals surface area contributed by atoms with E-state index in [2.05, 4.69) is 26.1 Å². The summed E-state index contributed by atoms with van der Waals surface area (Å²) in [5.41, 5.74) is 5.36. The largest absolute Gasteiger partial charge is 0.360 e. The lowest BCUT2D eigenvalue weighted by Gasteiger charge is -2.22. The van der Waals surface area contributed by atoms with Gasteiger partial charge in [0.1, 0.15) is 0 Å². The van der Waals surface area contributed by atoms with E-state index in [-0.39, 0.29) is 17.7 Å². The van der Waals surface area contributed by atoms with Gasteiger partial charge in [-0.05, 0) is 56.3 Å². The van der Waals surface area contributed by atoms with Crippen LogP contribution in [0.5, 0.6) is 0 Å². The van der Waals surface area contributed by atoms with Crippen molar-refractivity contribution in [3.63, 3.8) is 0 Å². The molecule has 26 heavy (non-hydrogen) atoms. The first-order valence-electron chi connectivity index (χ1n) is 9.21. The predicted octanol–water partition coefficient (Wildman–Crippen LogP) is 1.82. The number of amides is 2. The maximum Gasteiger partial charge on any atom is 0.272 e. The van der Waals surface area contributed by atoms with Crippen LogP contribution in [0.15, 0.2) is 23.4 Å². The quantitative estimate of drug-likeness (QED) is 0.679. The topological polar surface area (TPSA) is 98.4 Å². The van der Waals surface area contributed by atoms with Crippen molar-refractivity contribution in [1.29, 1.82) is 0 Å². The molecular formula is C19H21N5O2. The molecule has 2 aromatic rings. The second kappa shape index (κ2) is 5.95. The van der Waals surface area contributed by atoms with Crippen molar-refractivity contribution < 1.29 is 9.59 Å². The molecule has 2 aliphatic heterocycles. The number of H-pyrrole nitrogens is 1. The van der Waals surface area contributed by atoms with Crippen molar-refractivity contribution in [2.75, 3.05) is 18.4 Å². The molecule has 2 fully saturated rings. The highest BCUT2D eigenvalue weighted by Gasteiger charge is 2.47. The number of hydrazone groups is 1. The van der Waals surface area contributed by atoms with Crippen molar-refractivity contribution in [3.8, 4) is 0 Å². The van der Waals surface area contributed by atoms with Crippen molar-refractivity contribution in [2.45, 2.75) is 19.3 Å². The highest BCUT2D eigenvalue weighted by atomic mass is 16.2. The van der Waals surface area contributed by atoms with Crippen LogP contribution in [-0.4, -0.2) is 36.1 Å². The number of benzene rings is 1. The lowest BCUT2D eigenvalue weighted by molar-refractivity contribution is -0.117. The van der Waals surface area contributed by atoms with E-state index < -0.39 is 0 Å². The zero-order valence-corrected chi connectivity index (χ0v) is 14.3. The Morgan fingerprint density at radius 1 is 1.23 bits per heavy atom. The molecule has 7 nitrogen and oxygen atoms in total. The molecule has 0 spiro atoms. The zero-order valence-electron chi connectivity index (χ0n) is 14.3. The molecule has 1 saturated carbocycles. The number of carbonyl (C=O) groups excluding carboxylic acids is 2. The molecule has 2 atom stereocenters. The zero-order chi connectivity index (χ0) is 17.7. The van der Waals surface area contributed by atoms with Gasteiger partial charge in [0.05, 0.1) is 11.8 Å². The highest BCUT2D eigenvalue weighted by Crippen LogP contribution is 2.48. The first kappa shape index (κ1) is 15.6. The average molecular weight is 351 g/mol. The van der Waals surface area contributed by atoms with Gasteiger partial charge in [0.25, 0.3) is 5.91 Å². The molecule has 0 radical (unpaired) electrons. The van der Waals surface area contributed by atoms with Gasteiger partial charge in [0.15, 0.2) is 0 Å². The van der Waals surface area contributed by atoms with E-state index in [4.69, 9.17) is 0 Å². The fourth-order valence-electron chi connectivity index (χ4n) is 4.41. The Morgan fingerprint density at radius 2 is 2.08 bits per heavy atom. The second-order valence-corrected chi connectivity index (χ2v) is 7.47. The van der Waals surface area contributed by atoms with E-state index >= 15 is 0 Å². The van der Waals surface area contributed by atoms with E-state index in [9.17, 15) is 9.59 Å². The van der Waals surface area contributed by atoms with Crippen molar-refractivity contribution in [3.05, 3.63) is 29.5 Å². The minimum atomic E-state index is -0.264. The summed E-state index contributed by atoms with van der Waals surface area (Å²) in [4.78, 5) is 28.1. The first-order chi connectivity index (χ1) is 12.7. The molecular weight excluding hydrogens is 330 g/mol. The van der Waals surface area contributed by atoms with Crippen LogP contribution in [0.4, 0.5) is 5.69 Å². The van der Waals surface area contributed by atoms with Crippen molar-refractivity contribution in [1.82, 2.24) is 15.7 Å². The maximum absolute atomic E-state index is 12.7. The SMILES string of the molecule is O=C1NN=Cc2c[nH]c3cc(NC(=O)C4CC4C4CCNCC4)cc1c23. The third-order valence-electron chi connectivity index (χ3n) is 5.86. The molecule has 2 amide bonds. The maximum atomic E-state index is 12.7. The smallest absolute Gasteiger partial charge is 0.272 e. The van der Waals surface area contributed by atoms with E-state index in [1.165, 1.54) is 0 Å². The lowest BCUT2D eigenvalue weighted by Crippen LogP contribution is -2.29. The standard InChI is InChI=1S/C19H21N5O2/c25-18(14-7-13(14)10-1-3-20-4-2-10)23-12-5-15-17-11(8-21-16(17)6-12)9-22-24-19(15)26/h5-6,8-10,13-14,20-21H,1-4,7H2,(H,23,25)(H,24,26). The number of anilines is 1. The number of aromatic nitrogens is 1. The Bertz CT molecular complexity index is 925. The third-order valence-corrected chi connectivity index (χ3v) is 5.86. The van der Waals surface area contributed by atoms with Crippen molar-refractivity contribution in [2.24, 2.45) is 22.9 Å². The van der Waals surface area contributed by atoms with Crippen LogP contribution in [0.1, 0.15) is 35.2 Å². The average Bonchev–Trinajstić information content (AvgIpc) is 3.39. The van der Waals surface area contributed by atoms with Crippen LogP contribution >= 0.6 is 0 Å². The van der Waals surface area contributed by atoms with E-state index in [0.29, 0.717) is 23.1 Å². The molecule has 3 aliphatic rings. The highest BCUT2D eigenvalue weighted by molar-refractivity contribution is 6.15. The van der Waals surface area contributed by atoms with E-state index in [0.717, 1.165) is 48.8 Å². The summed E-state index contributed by atoms with van der Waals surface area (Å²) in [5, 5.41) is 11.1. The summed E-state index contributed by atoms with van der Waals surface area (Å²) < 4.78 is 0. The molecule has 5 rings (SSSR count). The number of piperidine rings is 1. The Balaban J connectivity index is 1.36. The number of aromatic amines is 1. The Labute approximate surface area is 150 Å². The molecule has 1 aromatic heterocycles. The fraction of sp³-hybridized carbons (Fsp3) is 0.421. The van der Waals surface area contributed by atoms with Crippen LogP contribution in [0.2, 0.25) is 0 Å². The monoisotopic (exact) mass is 351 g/mol. The molecule has 3 heterocycles. The number of nitrogens with one attached hydrogen (secondary N) is 4. The van der Waals surface area contributed by atoms with Crippen LogP contribution in [0, 0.1) is 17.8 Å². The minimum absolute atomic E-state index is 0.0668. The number of carbonyl (C=O) groups is 2. The predicted molar refractivity (Wildman–Crippen MR) is 99.2 cm³/mol. The number of hydrogen-bond donors (Lipinski definition) is 4. The molecule has 7 heteroatoms. The number of nitrogens with zero attached hydrogens (tertiary/aromatic N) is 1. The summed E-state index contributed by atoms with van der Waals surface area (Å²) in [6.07, 6.45) is 6.75. The summed E-state index contributed by atoms with van der Waals surface area (Å²) in [5.74, 6) is 1.07. The second-order valence-electron chi connectivity index (χ2n) is 7.47. The molecule has 1 saturated heterocycles. The summed E-state index contributed by atoms with van der Waals surface area (Å²) in [7, 11) is 0. The van der Waals surface area contributed by atoms with Gasteiger partial charge in [-0.15, -0.1) is 0 Å². The van der Waals surface area contributed by atoms with Crippen LogP contribution in [-0.2, 0) is 4.79 Å². The third kappa shape index (κ3) is 2.59. The van der Waals surface area contributed by atoms with Gasteiger partial charge in [0, 0.05) is 34.3 Å². The lowest BCUT2D eigenvalue weighted by atomic mass is 9.92. The van der Waals surface area contributed by atoms with Crippen molar-refractivity contribution >= 4 is 34.6 Å². The van der Waals surface area contributed by atoms with Crippen LogP contribution < -0.4 is 16.1 Å². The van der Waals surface area contributed by atoms with Gasteiger partial charge < -0.3 is 15.6 Å². The summed E-state index contributed by atoms with van der Waals surface area (Å²) >= 11 is 0. The first-order valence-corrected chi connectivity index (χ1v) is 9.21. The molecule has 1 aliphatic carbocycles. The van der Waals surface area contributed by atoms with Gasteiger partial charge in [0.2, 0.25) is 5.91 Å². The van der Waals surface area contributed by atoms with Gasteiger partial charge in [-0.3, -0.25) is 9.59 Å². The minimum Gasteiger partial charge on any atom is -0.360 e. The molecule has 0 bridgehead atoms. The van der Waals surface area contributed by atoms with Gasteiger partial charge in [-0.25, -0.2) is 5.43 Å². The Kier molecular flexibility index (Phi) is 3.56. The van der Waals surface area contributed by atoms with E-state index in [1.807, 2.05) is 12.3 Å². The number of hydrogen-bond acceptors (Lipinski definition) is 4. The van der Waals surface area contributed by atoms with Crippen LogP contribution in [0.3, 0.4) is 0 Å². The molecule has 1 aromatic carbocycles. The fourth-order valence-corrected chi connectivity index (χ4v) is 4.41. The Hall–Kier alpha value is -2.67. The van der Waals surface area contributed by atoms with Gasteiger partial charge in [-0.1, -0.05) is 0 Å². The molecule has 4 N–H and O–H groups in total. The van der Waals surface area contributed by atoms with Gasteiger partial charge in [-0.2, -0.15) is 5.10 Å². The Morgan fingerprint density at radius 3 is 2.92 bits per heavy atom. The summed E-state index contributed by atoms with van der Waals surface area (Å²) in [6, 6.07) is 3.62. The van der Waals surface area contributed by atoms with E-state index in [1.54, 1.807) is 12.3 Å². The van der Waals surface area contributed by atoms with Gasteiger partial charge >= 0.3 is 0 Å². The van der Waals surface area contributed by atoms with Crippen LogP contribution in [0.25, 0.3) is 10.9 Å². The molecule has 2 unspecified atom stereocenters. The normalized spacial score (nSPS) is 25.0. The molecule has 134 valence electrons. The number of rotatable bonds is 3.